The molecule has 2 rings (SSSR count). The Labute approximate surface area is 118 Å². The summed E-state index contributed by atoms with van der Waals surface area (Å²) >= 11 is 0. The number of nitrogens with zero attached hydrogens (tertiary/aromatic N) is 1. The first kappa shape index (κ1) is 14.5. The minimum absolute atomic E-state index is 0.314. The van der Waals surface area contributed by atoms with Crippen LogP contribution in [0, 0.1) is 12.7 Å². The molecule has 0 bridgehead atoms. The maximum Gasteiger partial charge on any atom is 0.219 e. The molecule has 0 saturated carbocycles. The van der Waals surface area contributed by atoms with Gasteiger partial charge < -0.3 is 10.1 Å². The van der Waals surface area contributed by atoms with Crippen molar-refractivity contribution in [1.29, 1.82) is 0 Å². The van der Waals surface area contributed by atoms with Crippen molar-refractivity contribution >= 4 is 0 Å². The quantitative estimate of drug-likeness (QED) is 0.813. The molecule has 1 aromatic heterocycles. The van der Waals surface area contributed by atoms with Gasteiger partial charge in [0.15, 0.2) is 0 Å². The second-order valence-electron chi connectivity index (χ2n) is 4.66. The zero-order valence-corrected chi connectivity index (χ0v) is 11.8. The van der Waals surface area contributed by atoms with Crippen molar-refractivity contribution in [1.82, 2.24) is 10.3 Å². The maximum absolute atomic E-state index is 13.2. The van der Waals surface area contributed by atoms with Gasteiger partial charge in [-0.1, -0.05) is 19.1 Å². The molecule has 1 N–H and O–H groups in total. The maximum atomic E-state index is 13.2. The lowest BCUT2D eigenvalue weighted by Crippen LogP contribution is -2.14. The number of nitrogens with one attached hydrogen (secondary N) is 1. The molecule has 0 fully saturated rings. The van der Waals surface area contributed by atoms with E-state index in [9.17, 15) is 4.39 Å². The van der Waals surface area contributed by atoms with Crippen LogP contribution in [-0.4, -0.2) is 11.5 Å². The van der Waals surface area contributed by atoms with Gasteiger partial charge >= 0.3 is 0 Å². The van der Waals surface area contributed by atoms with Gasteiger partial charge in [0, 0.05) is 18.7 Å². The van der Waals surface area contributed by atoms with Gasteiger partial charge in [-0.15, -0.1) is 0 Å². The van der Waals surface area contributed by atoms with Crippen molar-refractivity contribution in [2.45, 2.75) is 26.8 Å². The van der Waals surface area contributed by atoms with Crippen LogP contribution < -0.4 is 10.1 Å². The molecule has 0 unspecified atom stereocenters. The smallest absolute Gasteiger partial charge is 0.219 e. The van der Waals surface area contributed by atoms with E-state index in [0.29, 0.717) is 18.2 Å². The molecule has 4 heteroatoms. The first-order valence-corrected chi connectivity index (χ1v) is 6.79. The van der Waals surface area contributed by atoms with Crippen molar-refractivity contribution in [3.63, 3.8) is 0 Å². The van der Waals surface area contributed by atoms with E-state index in [1.165, 1.54) is 12.1 Å². The zero-order valence-electron chi connectivity index (χ0n) is 11.8. The summed E-state index contributed by atoms with van der Waals surface area (Å²) in [5, 5.41) is 3.28. The number of pyridine rings is 1. The second kappa shape index (κ2) is 7.01. The number of benzene rings is 1. The van der Waals surface area contributed by atoms with Gasteiger partial charge in [-0.2, -0.15) is 0 Å². The molecular weight excluding hydrogens is 255 g/mol. The Morgan fingerprint density at radius 3 is 2.90 bits per heavy atom. The first-order valence-electron chi connectivity index (χ1n) is 6.79. The molecule has 0 spiro atoms. The van der Waals surface area contributed by atoms with Crippen LogP contribution in [0.25, 0.3) is 0 Å². The van der Waals surface area contributed by atoms with Crippen molar-refractivity contribution in [2.24, 2.45) is 0 Å². The van der Waals surface area contributed by atoms with E-state index in [0.717, 1.165) is 24.2 Å². The monoisotopic (exact) mass is 274 g/mol. The van der Waals surface area contributed by atoms with E-state index in [2.05, 4.69) is 17.2 Å². The summed E-state index contributed by atoms with van der Waals surface area (Å²) in [4.78, 5) is 4.40. The van der Waals surface area contributed by atoms with Crippen LogP contribution in [0.15, 0.2) is 36.4 Å². The first-order chi connectivity index (χ1) is 9.69. The summed E-state index contributed by atoms with van der Waals surface area (Å²) in [6.07, 6.45) is 1.08. The number of rotatable bonds is 6. The fourth-order valence-electron chi connectivity index (χ4n) is 1.80. The Morgan fingerprint density at radius 2 is 2.10 bits per heavy atom. The topological polar surface area (TPSA) is 34.1 Å². The lowest BCUT2D eigenvalue weighted by Gasteiger charge is -2.09. The van der Waals surface area contributed by atoms with E-state index in [1.807, 2.05) is 19.1 Å². The van der Waals surface area contributed by atoms with E-state index in [1.54, 1.807) is 12.1 Å². The average Bonchev–Trinajstić information content (AvgIpc) is 2.44. The lowest BCUT2D eigenvalue weighted by molar-refractivity contribution is 0.451. The third-order valence-electron chi connectivity index (χ3n) is 2.88. The molecule has 1 aromatic carbocycles. The van der Waals surface area contributed by atoms with Crippen molar-refractivity contribution in [3.8, 4) is 11.6 Å². The molecule has 106 valence electrons. The van der Waals surface area contributed by atoms with Crippen LogP contribution >= 0.6 is 0 Å². The number of halogens is 1. The summed E-state index contributed by atoms with van der Waals surface area (Å²) in [5.74, 6) is 0.664. The van der Waals surface area contributed by atoms with Gasteiger partial charge in [-0.25, -0.2) is 9.37 Å². The van der Waals surface area contributed by atoms with Gasteiger partial charge in [-0.05, 0) is 37.6 Å². The Kier molecular flexibility index (Phi) is 5.07. The molecule has 0 radical (unpaired) electrons. The van der Waals surface area contributed by atoms with Crippen molar-refractivity contribution in [2.75, 3.05) is 6.54 Å². The largest absolute Gasteiger partial charge is 0.439 e. The normalized spacial score (nSPS) is 10.6. The summed E-state index contributed by atoms with van der Waals surface area (Å²) in [6, 6.07) is 10.1. The van der Waals surface area contributed by atoms with Gasteiger partial charge in [0.25, 0.3) is 0 Å². The Bertz CT molecular complexity index is 572. The molecule has 1 heterocycles. The van der Waals surface area contributed by atoms with E-state index in [4.69, 9.17) is 4.74 Å². The number of hydrogen-bond acceptors (Lipinski definition) is 3. The highest BCUT2D eigenvalue weighted by Crippen LogP contribution is 2.24. The second-order valence-corrected chi connectivity index (χ2v) is 4.66. The number of ether oxygens (including phenoxy) is 1. The van der Waals surface area contributed by atoms with E-state index in [-0.39, 0.29) is 5.82 Å². The molecule has 3 nitrogen and oxygen atoms in total. The van der Waals surface area contributed by atoms with Gasteiger partial charge in [-0.3, -0.25) is 0 Å². The number of hydrogen-bond donors (Lipinski definition) is 1. The minimum Gasteiger partial charge on any atom is -0.439 e. The van der Waals surface area contributed by atoms with Crippen LogP contribution in [0.5, 0.6) is 11.6 Å². The highest BCUT2D eigenvalue weighted by atomic mass is 19.1. The molecule has 0 aliphatic carbocycles. The van der Waals surface area contributed by atoms with Crippen molar-refractivity contribution in [3.05, 3.63) is 53.5 Å². The number of aryl methyl sites for hydroxylation is 1. The average molecular weight is 274 g/mol. The highest BCUT2D eigenvalue weighted by molar-refractivity contribution is 5.35. The lowest BCUT2D eigenvalue weighted by atomic mass is 10.2. The van der Waals surface area contributed by atoms with Gasteiger partial charge in [0.05, 0.1) is 5.69 Å². The summed E-state index contributed by atoms with van der Waals surface area (Å²) in [5.41, 5.74) is 1.78. The molecule has 20 heavy (non-hydrogen) atoms. The molecule has 0 atom stereocenters. The summed E-state index contributed by atoms with van der Waals surface area (Å²) in [6.45, 7) is 5.65. The Balaban J connectivity index is 2.09. The Hall–Kier alpha value is -1.94. The standard InChI is InChI=1S/C16H19FN2O/c1-3-9-18-11-14-5-4-6-16(19-14)20-15-10-13(17)8-7-12(15)2/h4-8,10,18H,3,9,11H2,1-2H3. The van der Waals surface area contributed by atoms with E-state index >= 15 is 0 Å². The third kappa shape index (κ3) is 4.03. The van der Waals surface area contributed by atoms with Crippen LogP contribution in [0.3, 0.4) is 0 Å². The molecule has 0 saturated heterocycles. The van der Waals surface area contributed by atoms with Gasteiger partial charge in [0.2, 0.25) is 5.88 Å². The SMILES string of the molecule is CCCNCc1cccc(Oc2cc(F)ccc2C)n1. The predicted octanol–water partition coefficient (Wildman–Crippen LogP) is 3.82. The van der Waals surface area contributed by atoms with Gasteiger partial charge in [0.1, 0.15) is 11.6 Å². The molecule has 0 aliphatic rings. The minimum atomic E-state index is -0.314. The Morgan fingerprint density at radius 1 is 1.25 bits per heavy atom. The summed E-state index contributed by atoms with van der Waals surface area (Å²) in [7, 11) is 0. The fraction of sp³-hybridized carbons (Fsp3) is 0.312. The number of aromatic nitrogens is 1. The zero-order chi connectivity index (χ0) is 14.4. The van der Waals surface area contributed by atoms with Crippen LogP contribution in [-0.2, 0) is 6.54 Å². The molecule has 2 aromatic rings. The third-order valence-corrected chi connectivity index (χ3v) is 2.88. The van der Waals surface area contributed by atoms with E-state index < -0.39 is 0 Å². The van der Waals surface area contributed by atoms with Crippen LogP contribution in [0.4, 0.5) is 4.39 Å². The molecule has 0 amide bonds. The highest BCUT2D eigenvalue weighted by Gasteiger charge is 2.05. The van der Waals surface area contributed by atoms with Crippen LogP contribution in [0.2, 0.25) is 0 Å². The predicted molar refractivity (Wildman–Crippen MR) is 77.4 cm³/mol. The molecular formula is C16H19FN2O. The fourth-order valence-corrected chi connectivity index (χ4v) is 1.80. The summed E-state index contributed by atoms with van der Waals surface area (Å²) < 4.78 is 18.9. The molecule has 0 aliphatic heterocycles. The van der Waals surface area contributed by atoms with Crippen molar-refractivity contribution < 1.29 is 9.13 Å². The van der Waals surface area contributed by atoms with Crippen LogP contribution in [0.1, 0.15) is 24.6 Å².